The number of carbonyl (C=O) groups is 4. The fourth-order valence-electron chi connectivity index (χ4n) is 10.3. The number of sulfonamides is 4. The number of fused-ring (bicyclic) bond motifs is 8. The summed E-state index contributed by atoms with van der Waals surface area (Å²) in [4.78, 5) is 53.3. The molecule has 1 aliphatic rings. The van der Waals surface area contributed by atoms with Crippen molar-refractivity contribution in [2.75, 3.05) is 81.3 Å². The zero-order valence-electron chi connectivity index (χ0n) is 52.4. The largest absolute Gasteiger partial charge is 0.491 e. The first-order chi connectivity index (χ1) is 46.0. The average Bonchev–Trinajstić information content (AvgIpc) is 0.765. The second-order valence-corrected chi connectivity index (χ2v) is 28.3. The van der Waals surface area contributed by atoms with E-state index in [0.29, 0.717) is 0 Å². The van der Waals surface area contributed by atoms with Gasteiger partial charge in [-0.15, -0.1) is 0 Å². The molecule has 1 aliphatic carbocycles. The van der Waals surface area contributed by atoms with Gasteiger partial charge in [-0.1, -0.05) is 72.8 Å². The molecule has 0 saturated carbocycles. The number of amides is 4. The van der Waals surface area contributed by atoms with Crippen molar-refractivity contribution in [2.24, 2.45) is 0 Å². The summed E-state index contributed by atoms with van der Waals surface area (Å²) in [6.45, 7) is -1.07. The third kappa shape index (κ3) is 17.7. The minimum Gasteiger partial charge on any atom is -0.491 e. The predicted octanol–water partition coefficient (Wildman–Crippen LogP) is 6.94. The topological polar surface area (TPSA) is 327 Å². The lowest BCUT2D eigenvalue weighted by Gasteiger charge is -2.25. The Hall–Kier alpha value is -9.52. The molecule has 504 valence electrons. The first kappa shape index (κ1) is 70.8. The van der Waals surface area contributed by atoms with Crippen LogP contribution in [0.2, 0.25) is 0 Å². The van der Waals surface area contributed by atoms with E-state index < -0.39 is 109 Å². The van der Waals surface area contributed by atoms with E-state index in [1.54, 1.807) is 24.3 Å². The van der Waals surface area contributed by atoms with Gasteiger partial charge in [-0.25, -0.2) is 52.6 Å². The van der Waals surface area contributed by atoms with E-state index in [2.05, 4.69) is 18.9 Å². The minimum absolute atomic E-state index is 0.0114. The number of nitrogens with one attached hydrogen (secondary N) is 4. The molecule has 8 bridgehead atoms. The van der Waals surface area contributed by atoms with Gasteiger partial charge in [0.2, 0.25) is 0 Å². The van der Waals surface area contributed by atoms with E-state index in [9.17, 15) is 52.8 Å². The number of hydrogen-bond donors (Lipinski definition) is 4. The average molecular weight is 1390 g/mol. The fourth-order valence-corrected chi connectivity index (χ4v) is 14.6. The van der Waals surface area contributed by atoms with E-state index in [4.69, 9.17) is 37.9 Å². The Kier molecular flexibility index (Phi) is 23.5. The number of methoxy groups -OCH3 is 4. The van der Waals surface area contributed by atoms with Gasteiger partial charge in [-0.05, 0) is 97.1 Å². The van der Waals surface area contributed by atoms with Gasteiger partial charge in [-0.2, -0.15) is 0 Å². The number of hydrogen-bond acceptors (Lipinski definition) is 20. The Labute approximate surface area is 556 Å². The van der Waals surface area contributed by atoms with Crippen LogP contribution in [-0.4, -0.2) is 139 Å². The van der Waals surface area contributed by atoms with E-state index in [-0.39, 0.29) is 143 Å². The number of carbonyl (C=O) groups excluding carboxylic acids is 4. The summed E-state index contributed by atoms with van der Waals surface area (Å²) in [5.74, 6) is -4.26. The molecule has 9 rings (SSSR count). The van der Waals surface area contributed by atoms with Gasteiger partial charge in [0.05, 0.1) is 46.0 Å². The van der Waals surface area contributed by atoms with Crippen LogP contribution in [0, 0.1) is 0 Å². The van der Waals surface area contributed by atoms with Crippen molar-refractivity contribution in [1.29, 1.82) is 0 Å². The third-order valence-corrected chi connectivity index (χ3v) is 20.1. The summed E-state index contributed by atoms with van der Waals surface area (Å²) in [6, 6.07) is 39.5. The lowest BCUT2D eigenvalue weighted by Crippen LogP contribution is -2.31. The SMILES string of the molecule is COCCOc1c2cc(S(=O)(=O)NC(=O)c3ccccc3)cc1Cc1cc(S(=O)(=O)NC(=O)c3ccccc3)cc(c1OCCOC)Cc1cc(S(=O)(=O)NC(=O)c3ccccc3)cc(c1OCCOC)Cc1cc(S(=O)(=O)NC(=O)c3ccccc3)cc(c1OCCOC)C2. The Morgan fingerprint density at radius 2 is 0.448 bits per heavy atom. The zero-order valence-corrected chi connectivity index (χ0v) is 55.7. The van der Waals surface area contributed by atoms with Crippen molar-refractivity contribution in [3.63, 3.8) is 0 Å². The van der Waals surface area contributed by atoms with Crippen LogP contribution in [0.3, 0.4) is 0 Å². The molecule has 0 radical (unpaired) electrons. The molecule has 8 aromatic rings. The molecule has 0 aromatic heterocycles. The molecule has 0 aliphatic heterocycles. The maximum Gasteiger partial charge on any atom is 0.264 e. The molecule has 24 nitrogen and oxygen atoms in total. The molecule has 96 heavy (non-hydrogen) atoms. The van der Waals surface area contributed by atoms with Gasteiger partial charge < -0.3 is 37.9 Å². The summed E-state index contributed by atoms with van der Waals surface area (Å²) in [5, 5.41) is 0. The van der Waals surface area contributed by atoms with Crippen LogP contribution in [0.25, 0.3) is 0 Å². The Morgan fingerprint density at radius 1 is 0.281 bits per heavy atom. The highest BCUT2D eigenvalue weighted by Gasteiger charge is 2.32. The van der Waals surface area contributed by atoms with E-state index in [1.165, 1.54) is 174 Å². The highest BCUT2D eigenvalue weighted by atomic mass is 32.2. The maximum atomic E-state index is 15.0. The molecule has 0 heterocycles. The highest BCUT2D eigenvalue weighted by Crippen LogP contribution is 2.43. The summed E-state index contributed by atoms with van der Waals surface area (Å²) in [7, 11) is -14.2. The first-order valence-corrected chi connectivity index (χ1v) is 35.6. The molecular weight excluding hydrogens is 1320 g/mol. The van der Waals surface area contributed by atoms with Crippen LogP contribution < -0.4 is 37.8 Å². The van der Waals surface area contributed by atoms with Gasteiger partial charge in [0.15, 0.2) is 0 Å². The van der Waals surface area contributed by atoms with Crippen LogP contribution in [0.15, 0.2) is 189 Å². The van der Waals surface area contributed by atoms with Crippen molar-refractivity contribution in [2.45, 2.75) is 45.3 Å². The molecule has 0 spiro atoms. The van der Waals surface area contributed by atoms with Gasteiger partial charge >= 0.3 is 0 Å². The van der Waals surface area contributed by atoms with Gasteiger partial charge in [0, 0.05) is 121 Å². The van der Waals surface area contributed by atoms with E-state index in [1.807, 2.05) is 0 Å². The van der Waals surface area contributed by atoms with Crippen molar-refractivity contribution >= 4 is 63.7 Å². The standard InChI is InChI=1S/C68H68N4O20S4/c1-85-25-29-89-61-49-33-51-39-58(94(79,80)70-66(74)46-19-11-6-12-20-46)41-53(62(51)90-30-26-86-2)35-55-43-60(96(83,84)72-68(76)48-23-15-8-16-24-48)44-56(64(55)92-32-28-88-4)36-54-42-59(95(81,82)71-67(75)47-21-13-7-14-22-47)40-52(63(54)91-31-27-87-3)34-50(61)38-57(37-49)93(77,78)69-65(73)45-17-9-5-10-18-45/h5-24,37-44H,25-36H2,1-4H3,(H,69,73)(H,70,74)(H,71,75)(H,72,76). The van der Waals surface area contributed by atoms with Gasteiger partial charge in [0.1, 0.15) is 49.4 Å². The summed E-state index contributed by atoms with van der Waals surface area (Å²) < 4.78 is 177. The molecular formula is C68H68N4O20S4. The zero-order chi connectivity index (χ0) is 68.6. The molecule has 0 atom stereocenters. The van der Waals surface area contributed by atoms with Gasteiger partial charge in [-0.3, -0.25) is 19.2 Å². The predicted molar refractivity (Wildman–Crippen MR) is 351 cm³/mol. The highest BCUT2D eigenvalue weighted by molar-refractivity contribution is 7.91. The summed E-state index contributed by atoms with van der Waals surface area (Å²) in [6.07, 6.45) is -2.05. The first-order valence-electron chi connectivity index (χ1n) is 29.6. The smallest absolute Gasteiger partial charge is 0.264 e. The van der Waals surface area contributed by atoms with E-state index >= 15 is 0 Å². The van der Waals surface area contributed by atoms with Crippen LogP contribution >= 0.6 is 0 Å². The second kappa shape index (κ2) is 31.8. The lowest BCUT2D eigenvalue weighted by molar-refractivity contribution is 0.0972. The number of benzene rings is 8. The quantitative estimate of drug-likeness (QED) is 0.0361. The molecule has 0 fully saturated rings. The monoisotopic (exact) mass is 1390 g/mol. The molecule has 0 unspecified atom stereocenters. The van der Waals surface area contributed by atoms with Crippen LogP contribution in [0.4, 0.5) is 0 Å². The van der Waals surface area contributed by atoms with Crippen molar-refractivity contribution < 1.29 is 90.7 Å². The Bertz CT molecular complexity index is 3940. The second-order valence-electron chi connectivity index (χ2n) is 21.6. The molecule has 8 aromatic carbocycles. The van der Waals surface area contributed by atoms with E-state index in [0.717, 1.165) is 0 Å². The maximum absolute atomic E-state index is 15.0. The van der Waals surface area contributed by atoms with Crippen molar-refractivity contribution in [1.82, 2.24) is 18.9 Å². The van der Waals surface area contributed by atoms with Crippen LogP contribution in [0.5, 0.6) is 23.0 Å². The lowest BCUT2D eigenvalue weighted by atomic mass is 9.91. The fraction of sp³-hybridized carbons (Fsp3) is 0.235. The molecule has 4 N–H and O–H groups in total. The third-order valence-electron chi connectivity index (χ3n) is 14.8. The van der Waals surface area contributed by atoms with Crippen LogP contribution in [-0.2, 0) is 84.7 Å². The normalized spacial score (nSPS) is 12.4. The summed E-state index contributed by atoms with van der Waals surface area (Å²) >= 11 is 0. The Morgan fingerprint density at radius 3 is 0.604 bits per heavy atom. The molecule has 28 heteroatoms. The molecule has 0 saturated heterocycles. The molecule has 4 amide bonds. The van der Waals surface area contributed by atoms with Crippen molar-refractivity contribution in [3.8, 4) is 23.0 Å². The number of ether oxygens (including phenoxy) is 8. The Balaban J connectivity index is 1.42. The summed E-state index contributed by atoms with van der Waals surface area (Å²) in [5.41, 5.74) is -0.177. The number of rotatable bonds is 28. The van der Waals surface area contributed by atoms with Crippen molar-refractivity contribution in [3.05, 3.63) is 237 Å². The minimum atomic E-state index is -4.94. The van der Waals surface area contributed by atoms with Gasteiger partial charge in [0.25, 0.3) is 63.7 Å². The van der Waals surface area contributed by atoms with Crippen LogP contribution in [0.1, 0.15) is 85.9 Å².